The number of hydrogen-bond donors (Lipinski definition) is 1. The van der Waals surface area contributed by atoms with Crippen LogP contribution in [0.4, 0.5) is 0 Å². The van der Waals surface area contributed by atoms with Gasteiger partial charge in [-0.15, -0.1) is 11.8 Å². The molecule has 106 valence electrons. The van der Waals surface area contributed by atoms with Crippen molar-refractivity contribution in [1.29, 1.82) is 0 Å². The van der Waals surface area contributed by atoms with Crippen molar-refractivity contribution < 1.29 is 9.53 Å². The molecule has 0 saturated carbocycles. The highest BCUT2D eigenvalue weighted by atomic mass is 35.5. The van der Waals surface area contributed by atoms with Crippen molar-refractivity contribution in [3.05, 3.63) is 34.9 Å². The normalized spacial score (nSPS) is 13.9. The molecule has 2 atom stereocenters. The predicted octanol–water partition coefficient (Wildman–Crippen LogP) is 3.41. The third-order valence-corrected chi connectivity index (χ3v) is 4.38. The maximum absolute atomic E-state index is 11.4. The van der Waals surface area contributed by atoms with Gasteiger partial charge in [0.25, 0.3) is 0 Å². The second kappa shape index (κ2) is 8.46. The van der Waals surface area contributed by atoms with Crippen LogP contribution in [0.1, 0.15) is 31.1 Å². The summed E-state index contributed by atoms with van der Waals surface area (Å²) in [6, 6.07) is 7.61. The van der Waals surface area contributed by atoms with E-state index in [1.165, 1.54) is 11.8 Å². The van der Waals surface area contributed by atoms with E-state index < -0.39 is 0 Å². The van der Waals surface area contributed by atoms with Crippen LogP contribution in [0, 0.1) is 0 Å². The summed E-state index contributed by atoms with van der Waals surface area (Å²) in [6.07, 6.45) is 0.850. The van der Waals surface area contributed by atoms with Crippen LogP contribution in [0.25, 0.3) is 0 Å². The van der Waals surface area contributed by atoms with Crippen LogP contribution in [-0.2, 0) is 9.53 Å². The highest BCUT2D eigenvalue weighted by molar-refractivity contribution is 8.00. The summed E-state index contributed by atoms with van der Waals surface area (Å²) < 4.78 is 4.94. The number of benzene rings is 1. The van der Waals surface area contributed by atoms with Crippen molar-refractivity contribution in [3.63, 3.8) is 0 Å². The summed E-state index contributed by atoms with van der Waals surface area (Å²) in [5.41, 5.74) is 7.23. The maximum Gasteiger partial charge on any atom is 0.315 e. The Labute approximate surface area is 123 Å². The summed E-state index contributed by atoms with van der Waals surface area (Å²) in [4.78, 5) is 11.4. The summed E-state index contributed by atoms with van der Waals surface area (Å²) in [7, 11) is 0. The number of carbonyl (C=O) groups is 1. The number of hydrogen-bond acceptors (Lipinski definition) is 4. The van der Waals surface area contributed by atoms with Crippen molar-refractivity contribution >= 4 is 29.3 Å². The molecule has 0 radical (unpaired) electrons. The van der Waals surface area contributed by atoms with Gasteiger partial charge in [-0.2, -0.15) is 0 Å². The number of esters is 1. The molecule has 0 heterocycles. The van der Waals surface area contributed by atoms with Crippen LogP contribution < -0.4 is 5.73 Å². The molecule has 1 aromatic rings. The molecule has 0 aliphatic rings. The molecule has 0 aliphatic carbocycles. The molecule has 0 aromatic heterocycles. The molecule has 0 bridgehead atoms. The zero-order valence-electron chi connectivity index (χ0n) is 11.3. The fourth-order valence-corrected chi connectivity index (χ4v) is 3.01. The minimum atomic E-state index is -0.199. The first-order valence-corrected chi connectivity index (χ1v) is 7.79. The lowest BCUT2D eigenvalue weighted by molar-refractivity contribution is -0.139. The summed E-state index contributed by atoms with van der Waals surface area (Å²) in [6.45, 7) is 4.25. The highest BCUT2D eigenvalue weighted by Crippen LogP contribution is 2.33. The van der Waals surface area contributed by atoms with E-state index >= 15 is 0 Å². The molecular formula is C14H20ClNO2S. The van der Waals surface area contributed by atoms with Crippen molar-refractivity contribution in [2.45, 2.75) is 31.6 Å². The first kappa shape index (κ1) is 16.3. The molecule has 19 heavy (non-hydrogen) atoms. The molecule has 0 fully saturated rings. The van der Waals surface area contributed by atoms with Gasteiger partial charge in [0.15, 0.2) is 0 Å². The lowest BCUT2D eigenvalue weighted by Crippen LogP contribution is -2.26. The van der Waals surface area contributed by atoms with E-state index in [0.29, 0.717) is 17.4 Å². The largest absolute Gasteiger partial charge is 0.465 e. The molecule has 2 unspecified atom stereocenters. The monoisotopic (exact) mass is 301 g/mol. The third kappa shape index (κ3) is 5.43. The van der Waals surface area contributed by atoms with Crippen LogP contribution in [0.3, 0.4) is 0 Å². The van der Waals surface area contributed by atoms with Gasteiger partial charge in [0, 0.05) is 16.3 Å². The Morgan fingerprint density at radius 2 is 2.00 bits per heavy atom. The Balaban J connectivity index is 2.72. The van der Waals surface area contributed by atoms with Gasteiger partial charge in [-0.1, -0.05) is 30.7 Å². The standard InChI is InChI=1S/C14H20ClNO2S/c1-3-12(16)14(19-9-13(17)18-4-2)10-5-7-11(15)8-6-10/h5-8,12,14H,3-4,9,16H2,1-2H3. The molecule has 0 spiro atoms. The van der Waals surface area contributed by atoms with Gasteiger partial charge in [0.1, 0.15) is 0 Å². The Morgan fingerprint density at radius 3 is 2.53 bits per heavy atom. The van der Waals surface area contributed by atoms with E-state index in [0.717, 1.165) is 12.0 Å². The number of rotatable bonds is 7. The molecule has 5 heteroatoms. The zero-order valence-corrected chi connectivity index (χ0v) is 12.8. The molecule has 1 aromatic carbocycles. The lowest BCUT2D eigenvalue weighted by atomic mass is 10.0. The van der Waals surface area contributed by atoms with Crippen LogP contribution in [-0.4, -0.2) is 24.4 Å². The van der Waals surface area contributed by atoms with Crippen molar-refractivity contribution in [3.8, 4) is 0 Å². The third-order valence-electron chi connectivity index (χ3n) is 2.74. The number of carbonyl (C=O) groups excluding carboxylic acids is 1. The summed E-state index contributed by atoms with van der Waals surface area (Å²) >= 11 is 7.41. The zero-order chi connectivity index (χ0) is 14.3. The van der Waals surface area contributed by atoms with E-state index in [2.05, 4.69) is 0 Å². The lowest BCUT2D eigenvalue weighted by Gasteiger charge is -2.22. The highest BCUT2D eigenvalue weighted by Gasteiger charge is 2.20. The van der Waals surface area contributed by atoms with Gasteiger partial charge in [0.05, 0.1) is 12.4 Å². The van der Waals surface area contributed by atoms with E-state index in [9.17, 15) is 4.79 Å². The topological polar surface area (TPSA) is 52.3 Å². The molecule has 0 amide bonds. The van der Waals surface area contributed by atoms with E-state index in [1.54, 1.807) is 6.92 Å². The van der Waals surface area contributed by atoms with Crippen molar-refractivity contribution in [1.82, 2.24) is 0 Å². The number of ether oxygens (including phenoxy) is 1. The van der Waals surface area contributed by atoms with Gasteiger partial charge in [0.2, 0.25) is 0 Å². The number of nitrogens with two attached hydrogens (primary N) is 1. The minimum absolute atomic E-state index is 0.000557. The van der Waals surface area contributed by atoms with Gasteiger partial charge in [-0.25, -0.2) is 0 Å². The fourth-order valence-electron chi connectivity index (χ4n) is 1.69. The summed E-state index contributed by atoms with van der Waals surface area (Å²) in [5, 5.41) is 0.773. The predicted molar refractivity (Wildman–Crippen MR) is 81.6 cm³/mol. The van der Waals surface area contributed by atoms with E-state index in [1.807, 2.05) is 31.2 Å². The van der Waals surface area contributed by atoms with Gasteiger partial charge in [-0.3, -0.25) is 4.79 Å². The smallest absolute Gasteiger partial charge is 0.315 e. The van der Waals surface area contributed by atoms with Crippen LogP contribution in [0.15, 0.2) is 24.3 Å². The second-order valence-electron chi connectivity index (χ2n) is 4.16. The van der Waals surface area contributed by atoms with Crippen molar-refractivity contribution in [2.24, 2.45) is 5.73 Å². The average molecular weight is 302 g/mol. The van der Waals surface area contributed by atoms with Crippen molar-refractivity contribution in [2.75, 3.05) is 12.4 Å². The number of thioether (sulfide) groups is 1. The van der Waals surface area contributed by atoms with E-state index in [-0.39, 0.29) is 17.3 Å². The molecule has 0 aliphatic heterocycles. The van der Waals surface area contributed by atoms with E-state index in [4.69, 9.17) is 22.1 Å². The van der Waals surface area contributed by atoms with Gasteiger partial charge < -0.3 is 10.5 Å². The Kier molecular flexibility index (Phi) is 7.28. The van der Waals surface area contributed by atoms with Crippen LogP contribution in [0.5, 0.6) is 0 Å². The Hall–Kier alpha value is -0.710. The van der Waals surface area contributed by atoms with Gasteiger partial charge in [-0.05, 0) is 31.0 Å². The first-order chi connectivity index (χ1) is 9.08. The Morgan fingerprint density at radius 1 is 1.37 bits per heavy atom. The molecular weight excluding hydrogens is 282 g/mol. The minimum Gasteiger partial charge on any atom is -0.465 e. The Bertz CT molecular complexity index is 397. The summed E-state index contributed by atoms with van der Waals surface area (Å²) in [5.74, 6) is 0.115. The van der Waals surface area contributed by atoms with Crippen LogP contribution in [0.2, 0.25) is 5.02 Å². The average Bonchev–Trinajstić information content (AvgIpc) is 2.41. The van der Waals surface area contributed by atoms with Gasteiger partial charge >= 0.3 is 5.97 Å². The molecule has 1 rings (SSSR count). The molecule has 2 N–H and O–H groups in total. The molecule has 3 nitrogen and oxygen atoms in total. The first-order valence-electron chi connectivity index (χ1n) is 6.36. The van der Waals surface area contributed by atoms with Crippen LogP contribution >= 0.6 is 23.4 Å². The SMILES string of the molecule is CCOC(=O)CSC(c1ccc(Cl)cc1)C(N)CC. The second-order valence-corrected chi connectivity index (χ2v) is 5.73. The number of halogens is 1. The maximum atomic E-state index is 11.4. The molecule has 0 saturated heterocycles. The fraction of sp³-hybridized carbons (Fsp3) is 0.500. The quantitative estimate of drug-likeness (QED) is 0.784.